The Bertz CT molecular complexity index is 1410. The highest BCUT2D eigenvalue weighted by Gasteiger charge is 2.29. The van der Waals surface area contributed by atoms with Crippen molar-refractivity contribution >= 4 is 23.4 Å². The van der Waals surface area contributed by atoms with Crippen LogP contribution < -0.4 is 11.0 Å². The van der Waals surface area contributed by atoms with Crippen molar-refractivity contribution < 1.29 is 23.1 Å². The van der Waals surface area contributed by atoms with E-state index in [-0.39, 0.29) is 46.2 Å². The third-order valence-electron chi connectivity index (χ3n) is 5.12. The number of imidazole rings is 1. The maximum Gasteiger partial charge on any atom is 0.446 e. The molecular weight excluding hydrogens is 481 g/mol. The molecule has 0 bridgehead atoms. The van der Waals surface area contributed by atoms with Gasteiger partial charge in [-0.3, -0.25) is 14.3 Å². The zero-order valence-electron chi connectivity index (χ0n) is 18.3. The number of thioether (sulfide) groups is 1. The Morgan fingerprint density at radius 3 is 2.43 bits per heavy atom. The second-order valence-corrected chi connectivity index (χ2v) is 8.66. The number of pyridine rings is 1. The van der Waals surface area contributed by atoms with Gasteiger partial charge < -0.3 is 10.4 Å². The average Bonchev–Trinajstić information content (AvgIpc) is 3.03. The van der Waals surface area contributed by atoms with E-state index in [0.717, 1.165) is 4.57 Å². The fourth-order valence-electron chi connectivity index (χ4n) is 3.45. The van der Waals surface area contributed by atoms with Crippen LogP contribution in [-0.4, -0.2) is 30.6 Å². The Morgan fingerprint density at radius 2 is 1.77 bits per heavy atom. The first-order chi connectivity index (χ1) is 16.6. The number of aromatic hydroxyl groups is 1. The second kappa shape index (κ2) is 9.71. The number of para-hydroxylation sites is 1. The molecule has 4 rings (SSSR count). The van der Waals surface area contributed by atoms with Crippen LogP contribution in [0.15, 0.2) is 82.6 Å². The summed E-state index contributed by atoms with van der Waals surface area (Å²) in [6.07, 6.45) is 1.45. The molecule has 0 radical (unpaired) electrons. The summed E-state index contributed by atoms with van der Waals surface area (Å²) in [4.78, 5) is 29.7. The highest BCUT2D eigenvalue weighted by atomic mass is 32.2. The minimum Gasteiger partial charge on any atom is -0.493 e. The molecule has 0 saturated heterocycles. The van der Waals surface area contributed by atoms with Crippen LogP contribution in [0.2, 0.25) is 0 Å². The molecule has 4 aromatic rings. The molecule has 7 nitrogen and oxygen atoms in total. The lowest BCUT2D eigenvalue weighted by atomic mass is 10.2. The van der Waals surface area contributed by atoms with Crippen molar-refractivity contribution in [2.45, 2.75) is 23.9 Å². The topological polar surface area (TPSA) is 89.2 Å². The van der Waals surface area contributed by atoms with Crippen molar-refractivity contribution in [1.29, 1.82) is 0 Å². The predicted molar refractivity (Wildman–Crippen MR) is 126 cm³/mol. The molecule has 180 valence electrons. The number of aromatic nitrogens is 3. The van der Waals surface area contributed by atoms with E-state index in [9.17, 15) is 27.9 Å². The van der Waals surface area contributed by atoms with E-state index in [2.05, 4.69) is 10.3 Å². The Balaban J connectivity index is 1.58. The van der Waals surface area contributed by atoms with E-state index in [1.807, 2.05) is 6.07 Å². The number of carbonyl (C=O) groups is 1. The maximum absolute atomic E-state index is 13.1. The van der Waals surface area contributed by atoms with Gasteiger partial charge in [-0.15, -0.1) is 0 Å². The van der Waals surface area contributed by atoms with Crippen LogP contribution in [0.25, 0.3) is 5.69 Å². The van der Waals surface area contributed by atoms with Crippen LogP contribution in [0.4, 0.5) is 18.9 Å². The Hall–Kier alpha value is -3.99. The van der Waals surface area contributed by atoms with E-state index < -0.39 is 17.1 Å². The summed E-state index contributed by atoms with van der Waals surface area (Å²) in [5.41, 5.74) is -3.17. The number of benzene rings is 2. The zero-order valence-corrected chi connectivity index (χ0v) is 19.1. The van der Waals surface area contributed by atoms with Gasteiger partial charge >= 0.3 is 11.2 Å². The SMILES string of the molecule is Cc1c(O)n(-c2ccc(SC(F)(F)F)cc2)c(=O)n1Cc1ccnc(C(=O)Nc2ccccc2)c1. The molecule has 0 aliphatic carbocycles. The lowest BCUT2D eigenvalue weighted by molar-refractivity contribution is -0.0328. The van der Waals surface area contributed by atoms with Gasteiger partial charge in [-0.05, 0) is 72.8 Å². The van der Waals surface area contributed by atoms with Crippen LogP contribution in [0, 0.1) is 6.92 Å². The Labute approximate surface area is 201 Å². The van der Waals surface area contributed by atoms with E-state index in [4.69, 9.17) is 0 Å². The summed E-state index contributed by atoms with van der Waals surface area (Å²) in [5, 5.41) is 13.3. The van der Waals surface area contributed by atoms with Gasteiger partial charge in [0.25, 0.3) is 5.91 Å². The summed E-state index contributed by atoms with van der Waals surface area (Å²) < 4.78 is 40.1. The smallest absolute Gasteiger partial charge is 0.446 e. The number of amides is 1. The summed E-state index contributed by atoms with van der Waals surface area (Å²) >= 11 is -0.267. The third-order valence-corrected chi connectivity index (χ3v) is 5.86. The molecule has 0 spiro atoms. The van der Waals surface area contributed by atoms with Gasteiger partial charge in [0.05, 0.1) is 17.9 Å². The van der Waals surface area contributed by atoms with Crippen molar-refractivity contribution in [3.8, 4) is 11.6 Å². The number of hydrogen-bond acceptors (Lipinski definition) is 5. The first-order valence-corrected chi connectivity index (χ1v) is 11.1. The van der Waals surface area contributed by atoms with Gasteiger partial charge in [0.1, 0.15) is 5.69 Å². The van der Waals surface area contributed by atoms with Crippen LogP contribution in [0.5, 0.6) is 5.88 Å². The quantitative estimate of drug-likeness (QED) is 0.366. The number of alkyl halides is 3. The number of nitrogens with one attached hydrogen (secondary N) is 1. The van der Waals surface area contributed by atoms with Crippen LogP contribution >= 0.6 is 11.8 Å². The summed E-state index contributed by atoms with van der Waals surface area (Å²) in [6, 6.07) is 17.2. The molecule has 0 saturated carbocycles. The Morgan fingerprint density at radius 1 is 1.09 bits per heavy atom. The normalized spacial score (nSPS) is 11.4. The summed E-state index contributed by atoms with van der Waals surface area (Å²) in [5.74, 6) is -0.748. The summed E-state index contributed by atoms with van der Waals surface area (Å²) in [6.45, 7) is 1.59. The second-order valence-electron chi connectivity index (χ2n) is 7.52. The van der Waals surface area contributed by atoms with Gasteiger partial charge in [0.2, 0.25) is 5.88 Å². The van der Waals surface area contributed by atoms with Crippen molar-refractivity contribution in [1.82, 2.24) is 14.1 Å². The minimum absolute atomic E-state index is 0.0389. The van der Waals surface area contributed by atoms with Crippen LogP contribution in [0.3, 0.4) is 0 Å². The van der Waals surface area contributed by atoms with E-state index in [1.54, 1.807) is 43.3 Å². The molecule has 0 unspecified atom stereocenters. The third kappa shape index (κ3) is 5.57. The number of carbonyl (C=O) groups excluding carboxylic acids is 1. The van der Waals surface area contributed by atoms with Crippen LogP contribution in [0.1, 0.15) is 21.7 Å². The first-order valence-electron chi connectivity index (χ1n) is 10.3. The minimum atomic E-state index is -4.43. The molecule has 2 heterocycles. The monoisotopic (exact) mass is 500 g/mol. The van der Waals surface area contributed by atoms with Gasteiger partial charge in [0, 0.05) is 16.8 Å². The molecule has 2 N–H and O–H groups in total. The molecule has 35 heavy (non-hydrogen) atoms. The maximum atomic E-state index is 13.1. The zero-order chi connectivity index (χ0) is 25.2. The highest BCUT2D eigenvalue weighted by molar-refractivity contribution is 8.00. The number of hydrogen-bond donors (Lipinski definition) is 2. The fourth-order valence-corrected chi connectivity index (χ4v) is 3.99. The predicted octanol–water partition coefficient (Wildman–Crippen LogP) is 4.96. The first kappa shape index (κ1) is 24.1. The van der Waals surface area contributed by atoms with Crippen molar-refractivity contribution in [2.24, 2.45) is 0 Å². The van der Waals surface area contributed by atoms with Crippen molar-refractivity contribution in [3.05, 3.63) is 100 Å². The van der Waals surface area contributed by atoms with Crippen molar-refractivity contribution in [3.63, 3.8) is 0 Å². The van der Waals surface area contributed by atoms with Gasteiger partial charge in [-0.25, -0.2) is 9.36 Å². The number of anilines is 1. The largest absolute Gasteiger partial charge is 0.493 e. The number of rotatable bonds is 6. The molecule has 2 aromatic heterocycles. The molecule has 2 aromatic carbocycles. The molecule has 0 atom stereocenters. The van der Waals surface area contributed by atoms with E-state index in [1.165, 1.54) is 35.0 Å². The lowest BCUT2D eigenvalue weighted by Gasteiger charge is -2.08. The molecule has 1 amide bonds. The van der Waals surface area contributed by atoms with E-state index >= 15 is 0 Å². The fraction of sp³-hybridized carbons (Fsp3) is 0.125. The lowest BCUT2D eigenvalue weighted by Crippen LogP contribution is -2.24. The standard InChI is InChI=1S/C24H19F3N4O3S/c1-15-22(33)31(18-7-9-19(10-8-18)35-24(25,26)27)23(34)30(15)14-16-11-12-28-20(13-16)21(32)29-17-5-3-2-4-6-17/h2-13,33H,14H2,1H3,(H,29,32). The number of nitrogens with zero attached hydrogens (tertiary/aromatic N) is 3. The van der Waals surface area contributed by atoms with Crippen molar-refractivity contribution in [2.75, 3.05) is 5.32 Å². The average molecular weight is 501 g/mol. The number of halogens is 3. The van der Waals surface area contributed by atoms with Gasteiger partial charge in [-0.2, -0.15) is 13.2 Å². The molecule has 0 aliphatic heterocycles. The molecule has 0 fully saturated rings. The molecular formula is C24H19F3N4O3S. The Kier molecular flexibility index (Phi) is 6.70. The molecule has 0 aliphatic rings. The highest BCUT2D eigenvalue weighted by Crippen LogP contribution is 2.37. The van der Waals surface area contributed by atoms with Gasteiger partial charge in [-0.1, -0.05) is 18.2 Å². The summed E-state index contributed by atoms with van der Waals surface area (Å²) in [7, 11) is 0. The van der Waals surface area contributed by atoms with Gasteiger partial charge in [0.15, 0.2) is 0 Å². The molecule has 11 heteroatoms. The van der Waals surface area contributed by atoms with E-state index in [0.29, 0.717) is 11.3 Å². The van der Waals surface area contributed by atoms with Crippen LogP contribution in [-0.2, 0) is 6.54 Å².